The van der Waals surface area contributed by atoms with Crippen molar-refractivity contribution < 1.29 is 13.2 Å². The van der Waals surface area contributed by atoms with Crippen molar-refractivity contribution in [1.29, 1.82) is 0 Å². The van der Waals surface area contributed by atoms with Crippen LogP contribution in [0.2, 0.25) is 0 Å². The molecule has 1 unspecified atom stereocenters. The van der Waals surface area contributed by atoms with Crippen LogP contribution >= 0.6 is 39.9 Å². The summed E-state index contributed by atoms with van der Waals surface area (Å²) < 4.78 is 38.6. The van der Waals surface area contributed by atoms with Crippen molar-refractivity contribution in [2.45, 2.75) is 30.9 Å². The van der Waals surface area contributed by atoms with E-state index in [2.05, 4.69) is 49.8 Å². The molecule has 0 bridgehead atoms. The van der Waals surface area contributed by atoms with Gasteiger partial charge in [0.25, 0.3) is 0 Å². The first-order valence-corrected chi connectivity index (χ1v) is 10.1. The molecule has 158 valence electrons. The van der Waals surface area contributed by atoms with Crippen LogP contribution in [0.1, 0.15) is 24.8 Å². The smallest absolute Gasteiger partial charge is 0.356 e. The second kappa shape index (κ2) is 9.97. The van der Waals surface area contributed by atoms with Crippen LogP contribution < -0.4 is 10.6 Å². The highest BCUT2D eigenvalue weighted by atomic mass is 127. The quantitative estimate of drug-likeness (QED) is 0.305. The van der Waals surface area contributed by atoms with Gasteiger partial charge in [-0.05, 0) is 49.4 Å². The zero-order valence-electron chi connectivity index (χ0n) is 15.9. The molecule has 1 heterocycles. The van der Waals surface area contributed by atoms with E-state index in [1.807, 2.05) is 6.07 Å². The summed E-state index contributed by atoms with van der Waals surface area (Å²) in [6, 6.07) is 8.40. The number of rotatable bonds is 6. The molecule has 9 heteroatoms. The highest BCUT2D eigenvalue weighted by Gasteiger charge is 2.44. The number of hydrogen-bond donors (Lipinski definition) is 2. The number of guanidine groups is 1. The number of nitrogens with one attached hydrogen (secondary N) is 2. The molecular formula is C19H27BrF3IN4. The fraction of sp³-hybridized carbons (Fsp3) is 0.632. The number of halogens is 5. The molecule has 1 atom stereocenters. The summed E-state index contributed by atoms with van der Waals surface area (Å²) in [7, 11) is 1.72. The molecule has 3 rings (SSSR count). The minimum atomic E-state index is -4.12. The number of aliphatic imine (C=N–C) groups is 1. The summed E-state index contributed by atoms with van der Waals surface area (Å²) >= 11 is 3.53. The van der Waals surface area contributed by atoms with E-state index in [0.717, 1.165) is 30.3 Å². The number of likely N-dealkylation sites (tertiary alicyclic amines) is 1. The van der Waals surface area contributed by atoms with Crippen molar-refractivity contribution in [2.75, 3.05) is 39.8 Å². The Morgan fingerprint density at radius 3 is 2.68 bits per heavy atom. The monoisotopic (exact) mass is 574 g/mol. The van der Waals surface area contributed by atoms with Crippen molar-refractivity contribution in [2.24, 2.45) is 10.9 Å². The molecular weight excluding hydrogens is 548 g/mol. The molecule has 2 N–H and O–H groups in total. The van der Waals surface area contributed by atoms with Crippen molar-refractivity contribution in [3.8, 4) is 0 Å². The fourth-order valence-corrected chi connectivity index (χ4v) is 4.13. The standard InChI is InChI=1S/C19H26BrF3N4.HI/c1-24-17(25-10-14-5-8-27(11-14)13-19(21,22)23)26-12-18(6-7-18)15-3-2-4-16(20)9-15;/h2-4,9,14H,5-8,10-13H2,1H3,(H2,24,25,26);1H. The van der Waals surface area contributed by atoms with Gasteiger partial charge in [-0.3, -0.25) is 9.89 Å². The van der Waals surface area contributed by atoms with E-state index in [1.165, 1.54) is 10.5 Å². The van der Waals surface area contributed by atoms with Crippen molar-refractivity contribution >= 4 is 45.9 Å². The molecule has 0 radical (unpaired) electrons. The Balaban J connectivity index is 0.00000280. The van der Waals surface area contributed by atoms with Gasteiger partial charge in [-0.2, -0.15) is 13.2 Å². The Bertz CT molecular complexity index is 679. The highest BCUT2D eigenvalue weighted by molar-refractivity contribution is 14.0. The average Bonchev–Trinajstić information content (AvgIpc) is 3.27. The molecule has 28 heavy (non-hydrogen) atoms. The number of alkyl halides is 3. The van der Waals surface area contributed by atoms with E-state index >= 15 is 0 Å². The van der Waals surface area contributed by atoms with Crippen LogP contribution in [-0.2, 0) is 5.41 Å². The molecule has 4 nitrogen and oxygen atoms in total. The van der Waals surface area contributed by atoms with Gasteiger partial charge in [0.05, 0.1) is 6.54 Å². The zero-order chi connectivity index (χ0) is 19.5. The van der Waals surface area contributed by atoms with Gasteiger partial charge in [0.2, 0.25) is 0 Å². The molecule has 1 aromatic rings. The van der Waals surface area contributed by atoms with Gasteiger partial charge < -0.3 is 10.6 Å². The Morgan fingerprint density at radius 2 is 2.07 bits per heavy atom. The maximum absolute atomic E-state index is 12.5. The predicted molar refractivity (Wildman–Crippen MR) is 120 cm³/mol. The van der Waals surface area contributed by atoms with Crippen molar-refractivity contribution in [1.82, 2.24) is 15.5 Å². The normalized spacial score (nSPS) is 21.9. The first-order chi connectivity index (χ1) is 12.8. The van der Waals surface area contributed by atoms with Gasteiger partial charge in [0.15, 0.2) is 5.96 Å². The van der Waals surface area contributed by atoms with E-state index in [-0.39, 0.29) is 35.3 Å². The maximum atomic E-state index is 12.5. The van der Waals surface area contributed by atoms with Crippen LogP contribution in [0, 0.1) is 5.92 Å². The maximum Gasteiger partial charge on any atom is 0.401 e. The molecule has 1 saturated heterocycles. The Kier molecular flexibility index (Phi) is 8.45. The van der Waals surface area contributed by atoms with Gasteiger partial charge in [-0.15, -0.1) is 24.0 Å². The first kappa shape index (κ1) is 23.7. The SMILES string of the molecule is CN=C(NCC1CCN(CC(F)(F)F)C1)NCC1(c2cccc(Br)c2)CC1.I. The van der Waals surface area contributed by atoms with Crippen LogP contribution in [0.15, 0.2) is 33.7 Å². The van der Waals surface area contributed by atoms with Crippen LogP contribution in [0.3, 0.4) is 0 Å². The molecule has 2 fully saturated rings. The first-order valence-electron chi connectivity index (χ1n) is 9.29. The minimum absolute atomic E-state index is 0. The van der Waals surface area contributed by atoms with Gasteiger partial charge in [-0.25, -0.2) is 0 Å². The lowest BCUT2D eigenvalue weighted by atomic mass is 9.96. The lowest BCUT2D eigenvalue weighted by Gasteiger charge is -2.21. The topological polar surface area (TPSA) is 39.7 Å². The largest absolute Gasteiger partial charge is 0.401 e. The summed E-state index contributed by atoms with van der Waals surface area (Å²) in [6.45, 7) is 1.60. The summed E-state index contributed by atoms with van der Waals surface area (Å²) in [6.07, 6.45) is -1.06. The van der Waals surface area contributed by atoms with Crippen LogP contribution in [0.4, 0.5) is 13.2 Å². The van der Waals surface area contributed by atoms with Crippen molar-refractivity contribution in [3.63, 3.8) is 0 Å². The van der Waals surface area contributed by atoms with Gasteiger partial charge in [0.1, 0.15) is 0 Å². The molecule has 1 aliphatic carbocycles. The summed E-state index contributed by atoms with van der Waals surface area (Å²) in [4.78, 5) is 5.74. The van der Waals surface area contributed by atoms with Gasteiger partial charge in [-0.1, -0.05) is 28.1 Å². The Hall–Kier alpha value is -0.550. The van der Waals surface area contributed by atoms with E-state index < -0.39 is 12.7 Å². The molecule has 1 aromatic carbocycles. The van der Waals surface area contributed by atoms with E-state index in [9.17, 15) is 13.2 Å². The minimum Gasteiger partial charge on any atom is -0.356 e. The highest BCUT2D eigenvalue weighted by Crippen LogP contribution is 2.48. The zero-order valence-corrected chi connectivity index (χ0v) is 19.8. The third kappa shape index (κ3) is 6.76. The summed E-state index contributed by atoms with van der Waals surface area (Å²) in [5.74, 6) is 0.927. The van der Waals surface area contributed by atoms with Gasteiger partial charge in [0, 0.05) is 36.6 Å². The molecule has 1 aliphatic heterocycles. The lowest BCUT2D eigenvalue weighted by molar-refractivity contribution is -0.143. The second-order valence-corrected chi connectivity index (χ2v) is 8.52. The number of benzene rings is 1. The molecule has 0 aromatic heterocycles. The Labute approximate surface area is 189 Å². The van der Waals surface area contributed by atoms with E-state index in [1.54, 1.807) is 7.05 Å². The third-order valence-electron chi connectivity index (χ3n) is 5.44. The van der Waals surface area contributed by atoms with E-state index in [4.69, 9.17) is 0 Å². The molecule has 1 saturated carbocycles. The van der Waals surface area contributed by atoms with Gasteiger partial charge >= 0.3 is 6.18 Å². The van der Waals surface area contributed by atoms with Crippen molar-refractivity contribution in [3.05, 3.63) is 34.3 Å². The van der Waals surface area contributed by atoms with E-state index in [0.29, 0.717) is 25.6 Å². The van der Waals surface area contributed by atoms with Crippen LogP contribution in [0.5, 0.6) is 0 Å². The third-order valence-corrected chi connectivity index (χ3v) is 5.93. The Morgan fingerprint density at radius 1 is 1.32 bits per heavy atom. The molecule has 0 spiro atoms. The number of hydrogen-bond acceptors (Lipinski definition) is 2. The second-order valence-electron chi connectivity index (χ2n) is 7.60. The molecule has 0 amide bonds. The summed E-state index contributed by atoms with van der Waals surface area (Å²) in [5, 5.41) is 6.67. The fourth-order valence-electron chi connectivity index (χ4n) is 3.73. The lowest BCUT2D eigenvalue weighted by Crippen LogP contribution is -2.43. The number of nitrogens with zero attached hydrogens (tertiary/aromatic N) is 2. The van der Waals surface area contributed by atoms with Crippen LogP contribution in [0.25, 0.3) is 0 Å². The van der Waals surface area contributed by atoms with Crippen LogP contribution in [-0.4, -0.2) is 56.8 Å². The summed E-state index contributed by atoms with van der Waals surface area (Å²) in [5.41, 5.74) is 1.47. The average molecular weight is 575 g/mol. The predicted octanol–water partition coefficient (Wildman–Crippen LogP) is 4.15. The molecule has 2 aliphatic rings.